The van der Waals surface area contributed by atoms with Crippen molar-refractivity contribution < 1.29 is 27.8 Å². The van der Waals surface area contributed by atoms with Gasteiger partial charge in [-0.15, -0.1) is 0 Å². The zero-order valence-electron chi connectivity index (χ0n) is 14.5. The number of aliphatic hydroxyl groups is 1. The molecule has 0 saturated carbocycles. The first-order valence-corrected chi connectivity index (χ1v) is 7.97. The van der Waals surface area contributed by atoms with E-state index in [-0.39, 0.29) is 0 Å². The molecular formula is C19H17F3N2O3. The van der Waals surface area contributed by atoms with Gasteiger partial charge in [-0.05, 0) is 48.5 Å². The Kier molecular flexibility index (Phi) is 5.09. The first-order chi connectivity index (χ1) is 12.8. The standard InChI is InChI=1S/C19H17F3N2O3/c1-26-13-7-3-11(4-8-13)15-16(12-5-9-14(27-2)10-6-12)24-18(23-15)17(25)19(20,21)22/h3-10,17,25H,1-2H3,(H,23,24). The number of methoxy groups -OCH3 is 2. The molecule has 0 saturated heterocycles. The van der Waals surface area contributed by atoms with Gasteiger partial charge in [-0.1, -0.05) is 0 Å². The van der Waals surface area contributed by atoms with Crippen LogP contribution in [0.15, 0.2) is 48.5 Å². The molecular weight excluding hydrogens is 361 g/mol. The minimum atomic E-state index is -4.83. The van der Waals surface area contributed by atoms with E-state index in [0.717, 1.165) is 0 Å². The lowest BCUT2D eigenvalue weighted by Gasteiger charge is -2.11. The monoisotopic (exact) mass is 378 g/mol. The van der Waals surface area contributed by atoms with Crippen LogP contribution in [0.3, 0.4) is 0 Å². The molecule has 1 unspecified atom stereocenters. The number of rotatable bonds is 5. The van der Waals surface area contributed by atoms with Crippen LogP contribution >= 0.6 is 0 Å². The van der Waals surface area contributed by atoms with Crippen molar-refractivity contribution in [2.45, 2.75) is 12.3 Å². The minimum Gasteiger partial charge on any atom is -0.497 e. The average molecular weight is 378 g/mol. The van der Waals surface area contributed by atoms with Crippen LogP contribution in [-0.4, -0.2) is 35.5 Å². The summed E-state index contributed by atoms with van der Waals surface area (Å²) in [7, 11) is 3.04. The van der Waals surface area contributed by atoms with Gasteiger partial charge >= 0.3 is 6.18 Å². The van der Waals surface area contributed by atoms with Crippen LogP contribution in [0.25, 0.3) is 22.5 Å². The van der Waals surface area contributed by atoms with E-state index in [0.29, 0.717) is 34.0 Å². The molecule has 0 bridgehead atoms. The molecule has 0 radical (unpaired) electrons. The highest BCUT2D eigenvalue weighted by Crippen LogP contribution is 2.37. The molecule has 0 spiro atoms. The molecule has 3 rings (SSSR count). The van der Waals surface area contributed by atoms with Crippen molar-refractivity contribution in [2.75, 3.05) is 14.2 Å². The van der Waals surface area contributed by atoms with Gasteiger partial charge in [0.1, 0.15) is 17.3 Å². The molecule has 27 heavy (non-hydrogen) atoms. The quantitative estimate of drug-likeness (QED) is 0.692. The molecule has 5 nitrogen and oxygen atoms in total. The van der Waals surface area contributed by atoms with Gasteiger partial charge in [0.15, 0.2) is 0 Å². The second-order valence-electron chi connectivity index (χ2n) is 5.75. The van der Waals surface area contributed by atoms with Gasteiger partial charge in [0.05, 0.1) is 25.6 Å². The highest BCUT2D eigenvalue weighted by molar-refractivity contribution is 5.79. The van der Waals surface area contributed by atoms with E-state index >= 15 is 0 Å². The Morgan fingerprint density at radius 3 is 1.81 bits per heavy atom. The Bertz CT molecular complexity index is 838. The Labute approximate surface area is 153 Å². The summed E-state index contributed by atoms with van der Waals surface area (Å²) in [6.45, 7) is 0. The van der Waals surface area contributed by atoms with E-state index in [1.54, 1.807) is 48.5 Å². The lowest BCUT2D eigenvalue weighted by molar-refractivity contribution is -0.209. The Hall–Kier alpha value is -3.00. The third kappa shape index (κ3) is 3.90. The van der Waals surface area contributed by atoms with Crippen LogP contribution in [-0.2, 0) is 0 Å². The zero-order valence-corrected chi connectivity index (χ0v) is 14.5. The number of alkyl halides is 3. The summed E-state index contributed by atoms with van der Waals surface area (Å²) in [5.74, 6) is 0.648. The van der Waals surface area contributed by atoms with Crippen LogP contribution in [0, 0.1) is 0 Å². The molecule has 0 aliphatic carbocycles. The fourth-order valence-corrected chi connectivity index (χ4v) is 2.60. The van der Waals surface area contributed by atoms with Gasteiger partial charge in [0.2, 0.25) is 6.10 Å². The molecule has 8 heteroatoms. The van der Waals surface area contributed by atoms with Gasteiger partial charge in [0, 0.05) is 11.1 Å². The van der Waals surface area contributed by atoms with Crippen molar-refractivity contribution in [3.63, 3.8) is 0 Å². The first-order valence-electron chi connectivity index (χ1n) is 7.97. The predicted octanol–water partition coefficient (Wildman–Crippen LogP) is 4.36. The number of benzene rings is 2. The van der Waals surface area contributed by atoms with E-state index in [2.05, 4.69) is 9.97 Å². The lowest BCUT2D eigenvalue weighted by atomic mass is 10.0. The number of imidazole rings is 1. The van der Waals surface area contributed by atoms with Crippen molar-refractivity contribution in [1.82, 2.24) is 9.97 Å². The fraction of sp³-hybridized carbons (Fsp3) is 0.211. The fourth-order valence-electron chi connectivity index (χ4n) is 2.60. The van der Waals surface area contributed by atoms with E-state index in [9.17, 15) is 18.3 Å². The number of H-pyrrole nitrogens is 1. The summed E-state index contributed by atoms with van der Waals surface area (Å²) in [5.41, 5.74) is 1.84. The largest absolute Gasteiger partial charge is 0.497 e. The van der Waals surface area contributed by atoms with Crippen LogP contribution in [0.1, 0.15) is 11.9 Å². The number of nitrogens with zero attached hydrogens (tertiary/aromatic N) is 1. The molecule has 3 aromatic rings. The van der Waals surface area contributed by atoms with Crippen LogP contribution in [0.4, 0.5) is 13.2 Å². The molecule has 0 fully saturated rings. The molecule has 2 aromatic carbocycles. The van der Waals surface area contributed by atoms with Crippen molar-refractivity contribution in [1.29, 1.82) is 0 Å². The topological polar surface area (TPSA) is 67.4 Å². The maximum atomic E-state index is 12.9. The number of aromatic nitrogens is 2. The normalized spacial score (nSPS) is 12.7. The summed E-state index contributed by atoms with van der Waals surface area (Å²) in [6, 6.07) is 13.5. The average Bonchev–Trinajstić information content (AvgIpc) is 3.12. The number of aliphatic hydroxyl groups excluding tert-OH is 1. The zero-order chi connectivity index (χ0) is 19.6. The molecule has 0 aliphatic rings. The Morgan fingerprint density at radius 2 is 1.37 bits per heavy atom. The molecule has 1 aromatic heterocycles. The van der Waals surface area contributed by atoms with Gasteiger partial charge in [-0.25, -0.2) is 4.98 Å². The highest BCUT2D eigenvalue weighted by Gasteiger charge is 2.42. The molecule has 1 atom stereocenters. The van der Waals surface area contributed by atoms with Gasteiger partial charge in [-0.2, -0.15) is 13.2 Å². The van der Waals surface area contributed by atoms with E-state index in [4.69, 9.17) is 9.47 Å². The second-order valence-corrected chi connectivity index (χ2v) is 5.75. The molecule has 2 N–H and O–H groups in total. The van der Waals surface area contributed by atoms with Crippen LogP contribution in [0.5, 0.6) is 11.5 Å². The lowest BCUT2D eigenvalue weighted by Crippen LogP contribution is -2.21. The van der Waals surface area contributed by atoms with Crippen LogP contribution in [0.2, 0.25) is 0 Å². The number of nitrogens with one attached hydrogen (secondary N) is 1. The minimum absolute atomic E-state index is 0.293. The number of halogens is 3. The first kappa shape index (κ1) is 18.8. The van der Waals surface area contributed by atoms with Crippen molar-refractivity contribution >= 4 is 0 Å². The molecule has 0 amide bonds. The summed E-state index contributed by atoms with van der Waals surface area (Å²) in [4.78, 5) is 6.64. The van der Waals surface area contributed by atoms with Crippen molar-refractivity contribution in [3.05, 3.63) is 54.4 Å². The molecule has 1 heterocycles. The number of ether oxygens (including phenoxy) is 2. The number of aromatic amines is 1. The SMILES string of the molecule is COc1ccc(-c2nc(C(O)C(F)(F)F)[nH]c2-c2ccc(OC)cc2)cc1. The number of hydrogen-bond donors (Lipinski definition) is 2. The molecule has 142 valence electrons. The highest BCUT2D eigenvalue weighted by atomic mass is 19.4. The summed E-state index contributed by atoms with van der Waals surface area (Å²) >= 11 is 0. The van der Waals surface area contributed by atoms with E-state index in [1.807, 2.05) is 0 Å². The third-order valence-electron chi connectivity index (χ3n) is 4.03. The van der Waals surface area contributed by atoms with Crippen molar-refractivity contribution in [3.8, 4) is 34.0 Å². The number of hydrogen-bond acceptors (Lipinski definition) is 4. The smallest absolute Gasteiger partial charge is 0.421 e. The summed E-state index contributed by atoms with van der Waals surface area (Å²) in [6.07, 6.45) is -7.53. The Morgan fingerprint density at radius 1 is 0.889 bits per heavy atom. The maximum Gasteiger partial charge on any atom is 0.421 e. The third-order valence-corrected chi connectivity index (χ3v) is 4.03. The predicted molar refractivity (Wildman–Crippen MR) is 93.6 cm³/mol. The summed E-state index contributed by atoms with van der Waals surface area (Å²) < 4.78 is 49.0. The van der Waals surface area contributed by atoms with E-state index < -0.39 is 18.1 Å². The van der Waals surface area contributed by atoms with E-state index in [1.165, 1.54) is 14.2 Å². The van der Waals surface area contributed by atoms with Gasteiger partial charge in [0.25, 0.3) is 0 Å². The van der Waals surface area contributed by atoms with Gasteiger partial charge < -0.3 is 19.6 Å². The maximum absolute atomic E-state index is 12.9. The second kappa shape index (κ2) is 7.32. The summed E-state index contributed by atoms with van der Waals surface area (Å²) in [5, 5.41) is 9.59. The Balaban J connectivity index is 2.11. The van der Waals surface area contributed by atoms with Gasteiger partial charge in [-0.3, -0.25) is 0 Å². The van der Waals surface area contributed by atoms with Crippen LogP contribution < -0.4 is 9.47 Å². The molecule has 0 aliphatic heterocycles. The van der Waals surface area contributed by atoms with Crippen molar-refractivity contribution in [2.24, 2.45) is 0 Å².